The second-order valence-corrected chi connectivity index (χ2v) is 11.0. The summed E-state index contributed by atoms with van der Waals surface area (Å²) in [7, 11) is 1.58. The molecule has 0 aliphatic carbocycles. The fraction of sp³-hybridized carbons (Fsp3) is 0.258. The number of ether oxygens (including phenoxy) is 2. The minimum atomic E-state index is -0.706. The lowest BCUT2D eigenvalue weighted by molar-refractivity contribution is -0.143. The Morgan fingerprint density at radius 2 is 1.75 bits per heavy atom. The van der Waals surface area contributed by atoms with Crippen molar-refractivity contribution in [1.82, 2.24) is 9.13 Å². The average molecular weight is 560 g/mol. The second-order valence-electron chi connectivity index (χ2n) is 9.95. The van der Waals surface area contributed by atoms with Gasteiger partial charge in [-0.1, -0.05) is 23.5 Å². The molecule has 1 aliphatic heterocycles. The Bertz CT molecular complexity index is 1810. The molecule has 0 unspecified atom stereocenters. The Labute approximate surface area is 235 Å². The SMILES string of the molecule is COc1ccc([C@@H]2C(C(=O)OC(C)C)=C(C)N=c3s/c(=C/c4cc(C)n(-c5ccc(F)cc5)c4C)c(=O)n32)cc1. The molecule has 40 heavy (non-hydrogen) atoms. The molecule has 2 aromatic carbocycles. The number of esters is 1. The lowest BCUT2D eigenvalue weighted by Crippen LogP contribution is -2.40. The number of halogens is 1. The van der Waals surface area contributed by atoms with Crippen LogP contribution < -0.4 is 19.6 Å². The van der Waals surface area contributed by atoms with Crippen molar-refractivity contribution in [3.63, 3.8) is 0 Å². The fourth-order valence-corrected chi connectivity index (χ4v) is 6.06. The Morgan fingerprint density at radius 3 is 2.38 bits per heavy atom. The number of rotatable bonds is 6. The van der Waals surface area contributed by atoms with Gasteiger partial charge in [-0.15, -0.1) is 0 Å². The van der Waals surface area contributed by atoms with E-state index in [0.29, 0.717) is 26.4 Å². The summed E-state index contributed by atoms with van der Waals surface area (Å²) in [6.45, 7) is 9.26. The summed E-state index contributed by atoms with van der Waals surface area (Å²) in [5, 5.41) is 0. The zero-order chi connectivity index (χ0) is 28.7. The van der Waals surface area contributed by atoms with E-state index >= 15 is 0 Å². The van der Waals surface area contributed by atoms with Crippen LogP contribution in [0, 0.1) is 19.7 Å². The van der Waals surface area contributed by atoms with Gasteiger partial charge in [-0.05, 0) is 94.3 Å². The first kappa shape index (κ1) is 27.3. The van der Waals surface area contributed by atoms with Crippen LogP contribution in [0.25, 0.3) is 11.8 Å². The number of methoxy groups -OCH3 is 1. The number of hydrogen-bond donors (Lipinski definition) is 0. The predicted molar refractivity (Wildman–Crippen MR) is 153 cm³/mol. The van der Waals surface area contributed by atoms with E-state index < -0.39 is 12.0 Å². The molecule has 1 aliphatic rings. The first-order valence-electron chi connectivity index (χ1n) is 12.9. The Balaban J connectivity index is 1.67. The van der Waals surface area contributed by atoms with Gasteiger partial charge < -0.3 is 14.0 Å². The van der Waals surface area contributed by atoms with Gasteiger partial charge >= 0.3 is 5.97 Å². The Kier molecular flexibility index (Phi) is 7.33. The molecule has 0 spiro atoms. The topological polar surface area (TPSA) is 74.8 Å². The van der Waals surface area contributed by atoms with Gasteiger partial charge in [0.25, 0.3) is 5.56 Å². The van der Waals surface area contributed by atoms with E-state index in [4.69, 9.17) is 9.47 Å². The normalized spacial score (nSPS) is 15.3. The van der Waals surface area contributed by atoms with Crippen LogP contribution in [0.1, 0.15) is 49.3 Å². The summed E-state index contributed by atoms with van der Waals surface area (Å²) in [4.78, 5) is 32.4. The second kappa shape index (κ2) is 10.7. The molecule has 0 bridgehead atoms. The van der Waals surface area contributed by atoms with E-state index in [1.165, 1.54) is 23.5 Å². The van der Waals surface area contributed by atoms with Crippen LogP contribution in [0.4, 0.5) is 4.39 Å². The summed E-state index contributed by atoms with van der Waals surface area (Å²) in [5.41, 5.74) is 4.89. The number of carbonyl (C=O) groups excluding carboxylic acids is 1. The summed E-state index contributed by atoms with van der Waals surface area (Å²) >= 11 is 1.27. The number of allylic oxidation sites excluding steroid dienone is 1. The van der Waals surface area contributed by atoms with Crippen molar-refractivity contribution in [2.45, 2.75) is 46.8 Å². The number of hydrogen-bond acceptors (Lipinski definition) is 6. The van der Waals surface area contributed by atoms with Crippen molar-refractivity contribution in [2.24, 2.45) is 4.99 Å². The molecule has 4 aromatic rings. The summed E-state index contributed by atoms with van der Waals surface area (Å²) in [6, 6.07) is 14.9. The van der Waals surface area contributed by atoms with Crippen LogP contribution in [-0.4, -0.2) is 28.3 Å². The van der Waals surface area contributed by atoms with Crippen molar-refractivity contribution >= 4 is 23.4 Å². The van der Waals surface area contributed by atoms with Crippen LogP contribution in [0.3, 0.4) is 0 Å². The van der Waals surface area contributed by atoms with E-state index in [9.17, 15) is 14.0 Å². The number of aryl methyl sites for hydroxylation is 1. The van der Waals surface area contributed by atoms with Crippen molar-refractivity contribution in [3.05, 3.63) is 114 Å². The maximum atomic E-state index is 14.0. The maximum Gasteiger partial charge on any atom is 0.338 e. The van der Waals surface area contributed by atoms with Gasteiger partial charge in [-0.2, -0.15) is 0 Å². The lowest BCUT2D eigenvalue weighted by Gasteiger charge is -2.25. The molecule has 0 radical (unpaired) electrons. The molecule has 1 atom stereocenters. The molecular weight excluding hydrogens is 529 g/mol. The van der Waals surface area contributed by atoms with E-state index in [1.54, 1.807) is 56.7 Å². The summed E-state index contributed by atoms with van der Waals surface area (Å²) in [5.74, 6) is -0.139. The first-order valence-corrected chi connectivity index (χ1v) is 13.7. The fourth-order valence-electron chi connectivity index (χ4n) is 5.02. The smallest absolute Gasteiger partial charge is 0.338 e. The van der Waals surface area contributed by atoms with Crippen LogP contribution >= 0.6 is 11.3 Å². The zero-order valence-corrected chi connectivity index (χ0v) is 24.0. The molecule has 0 saturated heterocycles. The number of carbonyl (C=O) groups is 1. The Morgan fingerprint density at radius 1 is 1.07 bits per heavy atom. The van der Waals surface area contributed by atoms with E-state index in [-0.39, 0.29) is 17.5 Å². The third-order valence-electron chi connectivity index (χ3n) is 6.86. The Hall–Kier alpha value is -4.24. The standard InChI is InChI=1S/C31H30FN3O4S/c1-17(2)39-30(37)27-19(4)33-31-35(28(27)21-7-13-25(38-6)14-8-21)29(36)26(40-31)16-22-15-18(3)34(20(22)5)24-11-9-23(32)10-12-24/h7-17,28H,1-6H3/b26-16+/t28-/m1/s1. The molecule has 3 heterocycles. The zero-order valence-electron chi connectivity index (χ0n) is 23.2. The van der Waals surface area contributed by atoms with Gasteiger partial charge in [0.15, 0.2) is 4.80 Å². The predicted octanol–water partition coefficient (Wildman–Crippen LogP) is 4.74. The van der Waals surface area contributed by atoms with E-state index in [2.05, 4.69) is 4.99 Å². The summed E-state index contributed by atoms with van der Waals surface area (Å²) < 4.78 is 28.5. The molecular formula is C31H30FN3O4S. The van der Waals surface area contributed by atoms with E-state index in [1.807, 2.05) is 42.7 Å². The minimum absolute atomic E-state index is 0.251. The van der Waals surface area contributed by atoms with Gasteiger partial charge in [-0.25, -0.2) is 14.2 Å². The quantitative estimate of drug-likeness (QED) is 0.320. The van der Waals surface area contributed by atoms with Crippen molar-refractivity contribution in [2.75, 3.05) is 7.11 Å². The first-order chi connectivity index (χ1) is 19.1. The van der Waals surface area contributed by atoms with Gasteiger partial charge in [0.2, 0.25) is 0 Å². The third-order valence-corrected chi connectivity index (χ3v) is 7.84. The number of nitrogens with zero attached hydrogens (tertiary/aromatic N) is 3. The highest BCUT2D eigenvalue weighted by Gasteiger charge is 2.33. The highest BCUT2D eigenvalue weighted by atomic mass is 32.1. The molecule has 206 valence electrons. The molecule has 0 fully saturated rings. The molecule has 0 amide bonds. The monoisotopic (exact) mass is 559 g/mol. The van der Waals surface area contributed by atoms with Gasteiger partial charge in [0.1, 0.15) is 11.6 Å². The lowest BCUT2D eigenvalue weighted by atomic mass is 9.96. The highest BCUT2D eigenvalue weighted by Crippen LogP contribution is 2.32. The minimum Gasteiger partial charge on any atom is -0.497 e. The van der Waals surface area contributed by atoms with E-state index in [0.717, 1.165) is 28.2 Å². The number of aromatic nitrogens is 2. The number of fused-ring (bicyclic) bond motifs is 1. The maximum absolute atomic E-state index is 14.0. The van der Waals surface area contributed by atoms with Crippen molar-refractivity contribution in [1.29, 1.82) is 0 Å². The molecule has 9 heteroatoms. The largest absolute Gasteiger partial charge is 0.497 e. The van der Waals surface area contributed by atoms with Crippen molar-refractivity contribution in [3.8, 4) is 11.4 Å². The molecule has 0 N–H and O–H groups in total. The van der Waals surface area contributed by atoms with Gasteiger partial charge in [0, 0.05) is 17.1 Å². The summed E-state index contributed by atoms with van der Waals surface area (Å²) in [6.07, 6.45) is 1.52. The number of benzene rings is 2. The highest BCUT2D eigenvalue weighted by molar-refractivity contribution is 7.07. The molecule has 0 saturated carbocycles. The van der Waals surface area contributed by atoms with Gasteiger partial charge in [0.05, 0.1) is 35.1 Å². The average Bonchev–Trinajstić information content (AvgIpc) is 3.37. The molecule has 2 aromatic heterocycles. The number of thiazole rings is 1. The third kappa shape index (κ3) is 4.93. The van der Waals surface area contributed by atoms with Crippen LogP contribution in [-0.2, 0) is 9.53 Å². The van der Waals surface area contributed by atoms with Crippen molar-refractivity contribution < 1.29 is 18.7 Å². The van der Waals surface area contributed by atoms with Crippen LogP contribution in [0.15, 0.2) is 75.7 Å². The molecule has 5 rings (SSSR count). The van der Waals surface area contributed by atoms with Crippen LogP contribution in [0.2, 0.25) is 0 Å². The molecule has 7 nitrogen and oxygen atoms in total. The van der Waals surface area contributed by atoms with Crippen LogP contribution in [0.5, 0.6) is 5.75 Å². The van der Waals surface area contributed by atoms with Gasteiger partial charge in [-0.3, -0.25) is 9.36 Å².